The van der Waals surface area contributed by atoms with Gasteiger partial charge in [-0.15, -0.1) is 0 Å². The van der Waals surface area contributed by atoms with Crippen LogP contribution < -0.4 is 5.32 Å². The Kier molecular flexibility index (Phi) is 4.78. The van der Waals surface area contributed by atoms with E-state index in [0.717, 1.165) is 5.69 Å². The van der Waals surface area contributed by atoms with Crippen molar-refractivity contribution in [2.45, 2.75) is 45.6 Å². The van der Waals surface area contributed by atoms with Crippen molar-refractivity contribution < 1.29 is 19.2 Å². The summed E-state index contributed by atoms with van der Waals surface area (Å²) >= 11 is 0. The Hall–Kier alpha value is -1.89. The third-order valence-corrected chi connectivity index (χ3v) is 3.40. The summed E-state index contributed by atoms with van der Waals surface area (Å²) in [5.41, 5.74) is -0.568. The number of nitrogens with zero attached hydrogens (tertiary/aromatic N) is 2. The second-order valence-corrected chi connectivity index (χ2v) is 6.59. The van der Waals surface area contributed by atoms with E-state index in [-0.39, 0.29) is 23.8 Å². The summed E-state index contributed by atoms with van der Waals surface area (Å²) in [7, 11) is 1.58. The first kappa shape index (κ1) is 17.2. The molecular formula is C14H23N3O4. The van der Waals surface area contributed by atoms with E-state index < -0.39 is 11.5 Å². The van der Waals surface area contributed by atoms with Crippen molar-refractivity contribution >= 4 is 17.8 Å². The fraction of sp³-hybridized carbons (Fsp3) is 0.643. The van der Waals surface area contributed by atoms with Crippen LogP contribution in [-0.4, -0.2) is 46.2 Å². The molecule has 1 aromatic heterocycles. The third kappa shape index (κ3) is 4.29. The van der Waals surface area contributed by atoms with E-state index in [0.29, 0.717) is 0 Å². The molecule has 0 unspecified atom stereocenters. The molecule has 1 amide bonds. The van der Waals surface area contributed by atoms with E-state index in [9.17, 15) is 9.59 Å². The maximum Gasteiger partial charge on any atom is 0.323 e. The molecule has 7 nitrogen and oxygen atoms in total. The SMILES string of the molecule is CN(CC(=O)Nc1cc(C(C)(C)C)no1)C(C)(C)C(=O)O. The zero-order valence-electron chi connectivity index (χ0n) is 13.4. The van der Waals surface area contributed by atoms with Crippen LogP contribution in [0.2, 0.25) is 0 Å². The summed E-state index contributed by atoms with van der Waals surface area (Å²) in [5.74, 6) is -1.10. The van der Waals surface area contributed by atoms with Crippen molar-refractivity contribution in [3.05, 3.63) is 11.8 Å². The van der Waals surface area contributed by atoms with E-state index in [1.54, 1.807) is 13.1 Å². The van der Waals surface area contributed by atoms with Crippen LogP contribution in [-0.2, 0) is 15.0 Å². The smallest absolute Gasteiger partial charge is 0.323 e. The zero-order chi connectivity index (χ0) is 16.4. The van der Waals surface area contributed by atoms with Crippen LogP contribution in [0, 0.1) is 0 Å². The average molecular weight is 297 g/mol. The summed E-state index contributed by atoms with van der Waals surface area (Å²) in [4.78, 5) is 24.5. The number of hydrogen-bond acceptors (Lipinski definition) is 5. The van der Waals surface area contributed by atoms with Crippen LogP contribution in [0.3, 0.4) is 0 Å². The Morgan fingerprint density at radius 2 is 1.90 bits per heavy atom. The number of anilines is 1. The Morgan fingerprint density at radius 3 is 2.33 bits per heavy atom. The lowest BCUT2D eigenvalue weighted by atomic mass is 9.92. The van der Waals surface area contributed by atoms with E-state index >= 15 is 0 Å². The molecule has 0 atom stereocenters. The molecule has 0 fully saturated rings. The first-order valence-electron chi connectivity index (χ1n) is 6.66. The number of carbonyl (C=O) groups is 2. The lowest BCUT2D eigenvalue weighted by Crippen LogP contribution is -2.50. The average Bonchev–Trinajstić information content (AvgIpc) is 2.76. The lowest BCUT2D eigenvalue weighted by Gasteiger charge is -2.30. The van der Waals surface area contributed by atoms with Gasteiger partial charge < -0.3 is 9.63 Å². The molecule has 7 heteroatoms. The fourth-order valence-electron chi connectivity index (χ4n) is 1.44. The normalized spacial score (nSPS) is 12.5. The molecule has 1 aromatic rings. The highest BCUT2D eigenvalue weighted by atomic mass is 16.5. The minimum Gasteiger partial charge on any atom is -0.480 e. The molecule has 0 saturated carbocycles. The molecule has 0 saturated heterocycles. The maximum atomic E-state index is 11.9. The molecule has 0 aliphatic rings. The van der Waals surface area contributed by atoms with Crippen molar-refractivity contribution in [1.82, 2.24) is 10.1 Å². The van der Waals surface area contributed by atoms with Gasteiger partial charge in [0.2, 0.25) is 11.8 Å². The van der Waals surface area contributed by atoms with E-state index in [1.807, 2.05) is 20.8 Å². The number of carboxylic acids is 1. The quantitative estimate of drug-likeness (QED) is 0.859. The summed E-state index contributed by atoms with van der Waals surface area (Å²) in [6.45, 7) is 8.97. The molecule has 0 radical (unpaired) electrons. The number of likely N-dealkylation sites (N-methyl/N-ethyl adjacent to an activating group) is 1. The van der Waals surface area contributed by atoms with Crippen LogP contribution in [0.5, 0.6) is 0 Å². The number of rotatable bonds is 5. The van der Waals surface area contributed by atoms with Gasteiger partial charge in [0, 0.05) is 11.5 Å². The van der Waals surface area contributed by atoms with Crippen molar-refractivity contribution in [2.75, 3.05) is 18.9 Å². The van der Waals surface area contributed by atoms with Gasteiger partial charge in [0.05, 0.1) is 12.2 Å². The van der Waals surface area contributed by atoms with Crippen molar-refractivity contribution in [3.8, 4) is 0 Å². The number of carbonyl (C=O) groups excluding carboxylic acids is 1. The second-order valence-electron chi connectivity index (χ2n) is 6.59. The van der Waals surface area contributed by atoms with Gasteiger partial charge in [-0.05, 0) is 20.9 Å². The van der Waals surface area contributed by atoms with Crippen LogP contribution >= 0.6 is 0 Å². The molecule has 2 N–H and O–H groups in total. The standard InChI is InChI=1S/C14H23N3O4/c1-13(2,3)9-7-11(21-16-9)15-10(18)8-17(6)14(4,5)12(19)20/h7H,8H2,1-6H3,(H,15,18)(H,19,20). The minimum atomic E-state index is -1.13. The van der Waals surface area contributed by atoms with Crippen molar-refractivity contribution in [3.63, 3.8) is 0 Å². The largest absolute Gasteiger partial charge is 0.480 e. The summed E-state index contributed by atoms with van der Waals surface area (Å²) in [5, 5.41) is 15.6. The van der Waals surface area contributed by atoms with E-state index in [2.05, 4.69) is 10.5 Å². The number of aromatic nitrogens is 1. The Morgan fingerprint density at radius 1 is 1.33 bits per heavy atom. The Labute approximate surface area is 124 Å². The predicted octanol–water partition coefficient (Wildman–Crippen LogP) is 1.71. The van der Waals surface area contributed by atoms with Crippen LogP contribution in [0.25, 0.3) is 0 Å². The third-order valence-electron chi connectivity index (χ3n) is 3.40. The molecular weight excluding hydrogens is 274 g/mol. The van der Waals surface area contributed by atoms with Crippen molar-refractivity contribution in [1.29, 1.82) is 0 Å². The van der Waals surface area contributed by atoms with Crippen LogP contribution in [0.4, 0.5) is 5.88 Å². The molecule has 0 aliphatic carbocycles. The topological polar surface area (TPSA) is 95.7 Å². The summed E-state index contributed by atoms with van der Waals surface area (Å²) < 4.78 is 5.06. The Bertz CT molecular complexity index is 529. The monoisotopic (exact) mass is 297 g/mol. The molecule has 0 bridgehead atoms. The van der Waals surface area contributed by atoms with Gasteiger partial charge in [-0.2, -0.15) is 0 Å². The Balaban J connectivity index is 2.66. The molecule has 0 aromatic carbocycles. The second kappa shape index (κ2) is 5.85. The maximum absolute atomic E-state index is 11.9. The summed E-state index contributed by atoms with van der Waals surface area (Å²) in [6, 6.07) is 1.67. The highest BCUT2D eigenvalue weighted by molar-refractivity contribution is 5.91. The molecule has 118 valence electrons. The van der Waals surface area contributed by atoms with Gasteiger partial charge >= 0.3 is 5.97 Å². The zero-order valence-corrected chi connectivity index (χ0v) is 13.4. The van der Waals surface area contributed by atoms with Gasteiger partial charge in [0.15, 0.2) is 0 Å². The molecule has 1 heterocycles. The number of carboxylic acid groups (broad SMARTS) is 1. The fourth-order valence-corrected chi connectivity index (χ4v) is 1.44. The first-order valence-corrected chi connectivity index (χ1v) is 6.66. The predicted molar refractivity (Wildman–Crippen MR) is 78.2 cm³/mol. The molecule has 0 spiro atoms. The lowest BCUT2D eigenvalue weighted by molar-refractivity contribution is -0.148. The first-order chi connectivity index (χ1) is 9.44. The highest BCUT2D eigenvalue weighted by Crippen LogP contribution is 2.23. The highest BCUT2D eigenvalue weighted by Gasteiger charge is 2.33. The molecule has 1 rings (SSSR count). The van der Waals surface area contributed by atoms with Crippen molar-refractivity contribution in [2.24, 2.45) is 0 Å². The van der Waals surface area contributed by atoms with E-state index in [1.165, 1.54) is 18.7 Å². The number of amides is 1. The van der Waals surface area contributed by atoms with Gasteiger partial charge in [-0.25, -0.2) is 0 Å². The number of nitrogens with one attached hydrogen (secondary N) is 1. The molecule has 21 heavy (non-hydrogen) atoms. The van der Waals surface area contributed by atoms with Crippen LogP contribution in [0.1, 0.15) is 40.3 Å². The molecule has 0 aliphatic heterocycles. The van der Waals surface area contributed by atoms with Gasteiger partial charge in [-0.3, -0.25) is 19.8 Å². The van der Waals surface area contributed by atoms with Gasteiger partial charge in [0.1, 0.15) is 5.54 Å². The number of hydrogen-bond donors (Lipinski definition) is 2. The van der Waals surface area contributed by atoms with Crippen LogP contribution in [0.15, 0.2) is 10.6 Å². The van der Waals surface area contributed by atoms with Gasteiger partial charge in [-0.1, -0.05) is 25.9 Å². The minimum absolute atomic E-state index is 0.0646. The summed E-state index contributed by atoms with van der Waals surface area (Å²) in [6.07, 6.45) is 0. The van der Waals surface area contributed by atoms with Gasteiger partial charge in [0.25, 0.3) is 0 Å². The number of aliphatic carboxylic acids is 1. The van der Waals surface area contributed by atoms with E-state index in [4.69, 9.17) is 9.63 Å².